The number of hydrogen-bond donors (Lipinski definition) is 3. The summed E-state index contributed by atoms with van der Waals surface area (Å²) in [5, 5.41) is 2.89. The molecule has 164 valence electrons. The molecule has 0 bridgehead atoms. The predicted molar refractivity (Wildman–Crippen MR) is 119 cm³/mol. The fourth-order valence-corrected chi connectivity index (χ4v) is 4.17. The molecule has 0 radical (unpaired) electrons. The first-order chi connectivity index (χ1) is 14.7. The second-order valence-corrected chi connectivity index (χ2v) is 9.09. The van der Waals surface area contributed by atoms with E-state index in [1.54, 1.807) is 6.07 Å². The predicted octanol–water partition coefficient (Wildman–Crippen LogP) is 3.69. The Hall–Kier alpha value is -3.29. The van der Waals surface area contributed by atoms with Gasteiger partial charge in [-0.1, -0.05) is 30.3 Å². The molecule has 8 heteroatoms. The van der Waals surface area contributed by atoms with E-state index < -0.39 is 17.4 Å². The van der Waals surface area contributed by atoms with Crippen LogP contribution in [-0.2, 0) is 4.74 Å². The number of aromatic nitrogens is 3. The van der Waals surface area contributed by atoms with Gasteiger partial charge in [0.15, 0.2) is 0 Å². The quantitative estimate of drug-likeness (QED) is 0.596. The van der Waals surface area contributed by atoms with E-state index in [2.05, 4.69) is 15.3 Å². The van der Waals surface area contributed by atoms with Crippen molar-refractivity contribution in [2.45, 2.75) is 64.1 Å². The number of nitrogens with one attached hydrogen (secondary N) is 3. The van der Waals surface area contributed by atoms with Crippen LogP contribution in [0.25, 0.3) is 22.3 Å². The molecule has 3 N–H and O–H groups in total. The van der Waals surface area contributed by atoms with Gasteiger partial charge in [0.2, 0.25) is 0 Å². The van der Waals surface area contributed by atoms with Crippen LogP contribution in [0.4, 0.5) is 4.79 Å². The number of alkyl carbamates (subject to hydrolysis) is 1. The Morgan fingerprint density at radius 3 is 2.39 bits per heavy atom. The van der Waals surface area contributed by atoms with Gasteiger partial charge in [-0.2, -0.15) is 0 Å². The van der Waals surface area contributed by atoms with Gasteiger partial charge in [0.1, 0.15) is 11.1 Å². The molecular weight excluding hydrogens is 396 g/mol. The molecule has 1 fully saturated rings. The van der Waals surface area contributed by atoms with Crippen LogP contribution in [0.2, 0.25) is 0 Å². The van der Waals surface area contributed by atoms with Crippen molar-refractivity contribution >= 4 is 17.1 Å². The van der Waals surface area contributed by atoms with Crippen molar-refractivity contribution in [3.63, 3.8) is 0 Å². The fraction of sp³-hybridized carbons (Fsp3) is 0.435. The molecule has 0 saturated heterocycles. The topological polar surface area (TPSA) is 109 Å². The monoisotopic (exact) mass is 424 g/mol. The zero-order chi connectivity index (χ0) is 22.2. The molecule has 0 unspecified atom stereocenters. The molecule has 2 aromatic heterocycles. The highest BCUT2D eigenvalue weighted by Crippen LogP contribution is 2.27. The number of nitrogens with zero attached hydrogens (tertiary/aromatic N) is 1. The number of carbonyl (C=O) groups is 1. The largest absolute Gasteiger partial charge is 0.444 e. The number of rotatable bonds is 3. The summed E-state index contributed by atoms with van der Waals surface area (Å²) in [5.41, 5.74) is 1.36. The Morgan fingerprint density at radius 1 is 1.06 bits per heavy atom. The minimum Gasteiger partial charge on any atom is -0.444 e. The summed E-state index contributed by atoms with van der Waals surface area (Å²) in [6.07, 6.45) is 2.16. The second kappa shape index (κ2) is 8.09. The minimum atomic E-state index is -0.550. The number of benzene rings is 1. The molecular formula is C23H28N4O4. The third-order valence-electron chi connectivity index (χ3n) is 5.58. The summed E-state index contributed by atoms with van der Waals surface area (Å²) in [6.45, 7) is 5.46. The van der Waals surface area contributed by atoms with Gasteiger partial charge in [0, 0.05) is 17.8 Å². The van der Waals surface area contributed by atoms with Crippen molar-refractivity contribution in [2.24, 2.45) is 0 Å². The van der Waals surface area contributed by atoms with Crippen molar-refractivity contribution in [2.75, 3.05) is 0 Å². The Kier molecular flexibility index (Phi) is 5.47. The summed E-state index contributed by atoms with van der Waals surface area (Å²) >= 11 is 0. The van der Waals surface area contributed by atoms with E-state index >= 15 is 0 Å². The zero-order valence-electron chi connectivity index (χ0n) is 18.0. The molecule has 2 heterocycles. The number of aromatic amines is 2. The molecule has 0 spiro atoms. The SMILES string of the molecule is CC(C)(C)OC(=O)NC1CCC(n2c(=O)[nH]c3cc(-c4ccccc4)[nH]c3c2=O)CC1. The zero-order valence-corrected chi connectivity index (χ0v) is 18.0. The molecule has 0 atom stereocenters. The number of ether oxygens (including phenoxy) is 1. The number of amides is 1. The maximum atomic E-state index is 13.1. The number of fused-ring (bicyclic) bond motifs is 1. The molecule has 0 aliphatic heterocycles. The van der Waals surface area contributed by atoms with Gasteiger partial charge in [-0.3, -0.25) is 9.36 Å². The molecule has 1 amide bonds. The first-order valence-electron chi connectivity index (χ1n) is 10.6. The van der Waals surface area contributed by atoms with E-state index in [1.165, 1.54) is 4.57 Å². The van der Waals surface area contributed by atoms with Crippen LogP contribution in [-0.4, -0.2) is 32.3 Å². The smallest absolute Gasteiger partial charge is 0.407 e. The summed E-state index contributed by atoms with van der Waals surface area (Å²) in [5.74, 6) is 0. The molecule has 8 nitrogen and oxygen atoms in total. The average molecular weight is 425 g/mol. The molecule has 1 aliphatic carbocycles. The van der Waals surface area contributed by atoms with E-state index in [9.17, 15) is 14.4 Å². The van der Waals surface area contributed by atoms with Gasteiger partial charge in [-0.25, -0.2) is 9.59 Å². The van der Waals surface area contributed by atoms with Gasteiger partial charge in [-0.05, 0) is 58.1 Å². The van der Waals surface area contributed by atoms with Crippen molar-refractivity contribution < 1.29 is 9.53 Å². The van der Waals surface area contributed by atoms with Crippen molar-refractivity contribution in [3.8, 4) is 11.3 Å². The molecule has 1 aromatic carbocycles. The lowest BCUT2D eigenvalue weighted by Gasteiger charge is -2.30. The highest BCUT2D eigenvalue weighted by molar-refractivity contribution is 5.81. The third kappa shape index (κ3) is 4.57. The number of H-pyrrole nitrogens is 2. The highest BCUT2D eigenvalue weighted by Gasteiger charge is 2.27. The van der Waals surface area contributed by atoms with Crippen LogP contribution in [0.5, 0.6) is 0 Å². The van der Waals surface area contributed by atoms with Crippen LogP contribution < -0.4 is 16.6 Å². The van der Waals surface area contributed by atoms with Crippen LogP contribution in [0.3, 0.4) is 0 Å². The second-order valence-electron chi connectivity index (χ2n) is 9.09. The third-order valence-corrected chi connectivity index (χ3v) is 5.58. The van der Waals surface area contributed by atoms with E-state index in [0.717, 1.165) is 11.3 Å². The Labute approximate surface area is 179 Å². The van der Waals surface area contributed by atoms with Crippen LogP contribution >= 0.6 is 0 Å². The first-order valence-corrected chi connectivity index (χ1v) is 10.6. The Balaban J connectivity index is 1.52. The van der Waals surface area contributed by atoms with Gasteiger partial charge < -0.3 is 20.0 Å². The Morgan fingerprint density at radius 2 is 1.74 bits per heavy atom. The first kappa shape index (κ1) is 21.0. The van der Waals surface area contributed by atoms with Crippen molar-refractivity contribution in [1.29, 1.82) is 0 Å². The summed E-state index contributed by atoms with van der Waals surface area (Å²) in [4.78, 5) is 43.9. The Bertz CT molecular complexity index is 1190. The molecule has 4 rings (SSSR count). The summed E-state index contributed by atoms with van der Waals surface area (Å²) in [6, 6.07) is 11.2. The summed E-state index contributed by atoms with van der Waals surface area (Å²) < 4.78 is 6.63. The fourth-order valence-electron chi connectivity index (χ4n) is 4.17. The van der Waals surface area contributed by atoms with Crippen molar-refractivity contribution in [3.05, 3.63) is 57.2 Å². The minimum absolute atomic E-state index is 0.0280. The van der Waals surface area contributed by atoms with Gasteiger partial charge in [0.05, 0.1) is 5.52 Å². The molecule has 1 saturated carbocycles. The maximum absolute atomic E-state index is 13.1. The lowest BCUT2D eigenvalue weighted by atomic mass is 9.91. The van der Waals surface area contributed by atoms with Crippen LogP contribution in [0.1, 0.15) is 52.5 Å². The molecule has 1 aliphatic rings. The molecule has 31 heavy (non-hydrogen) atoms. The van der Waals surface area contributed by atoms with Crippen LogP contribution in [0.15, 0.2) is 46.0 Å². The number of hydrogen-bond acceptors (Lipinski definition) is 4. The average Bonchev–Trinajstić information content (AvgIpc) is 3.13. The van der Waals surface area contributed by atoms with Gasteiger partial charge >= 0.3 is 11.8 Å². The molecule has 3 aromatic rings. The van der Waals surface area contributed by atoms with Crippen LogP contribution in [0, 0.1) is 0 Å². The van der Waals surface area contributed by atoms with Gasteiger partial charge in [0.25, 0.3) is 5.56 Å². The van der Waals surface area contributed by atoms with E-state index in [4.69, 9.17) is 4.74 Å². The lowest BCUT2D eigenvalue weighted by Crippen LogP contribution is -2.44. The normalized spacial score (nSPS) is 19.3. The number of carbonyl (C=O) groups excluding carboxylic acids is 1. The van der Waals surface area contributed by atoms with E-state index in [-0.39, 0.29) is 17.6 Å². The van der Waals surface area contributed by atoms with E-state index in [1.807, 2.05) is 51.1 Å². The van der Waals surface area contributed by atoms with Gasteiger partial charge in [-0.15, -0.1) is 0 Å². The lowest BCUT2D eigenvalue weighted by molar-refractivity contribution is 0.0487. The highest BCUT2D eigenvalue weighted by atomic mass is 16.6. The standard InChI is InChI=1S/C23H28N4O4/c1-23(2,3)31-22(30)24-15-9-11-16(12-10-15)27-20(28)19-18(26-21(27)29)13-17(25-19)14-7-5-4-6-8-14/h4-8,13,15-16,25H,9-12H2,1-3H3,(H,24,30)(H,26,29). The van der Waals surface area contributed by atoms with Crippen molar-refractivity contribution in [1.82, 2.24) is 19.9 Å². The summed E-state index contributed by atoms with van der Waals surface area (Å²) in [7, 11) is 0. The van der Waals surface area contributed by atoms with E-state index in [0.29, 0.717) is 36.7 Å². The maximum Gasteiger partial charge on any atom is 0.407 e.